The van der Waals surface area contributed by atoms with E-state index in [2.05, 4.69) is 9.97 Å². The van der Waals surface area contributed by atoms with Crippen LogP contribution in [0.5, 0.6) is 11.6 Å². The average molecular weight is 418 g/mol. The van der Waals surface area contributed by atoms with Gasteiger partial charge in [-0.3, -0.25) is 4.79 Å². The molecular formula is C20H17Cl2N3O3. The van der Waals surface area contributed by atoms with E-state index in [4.69, 9.17) is 38.4 Å². The van der Waals surface area contributed by atoms with Crippen LogP contribution in [-0.4, -0.2) is 23.0 Å². The normalized spacial score (nSPS) is 11.7. The number of para-hydroxylation sites is 1. The van der Waals surface area contributed by atoms with Gasteiger partial charge in [0.2, 0.25) is 5.88 Å². The first-order valence-corrected chi connectivity index (χ1v) is 9.15. The summed E-state index contributed by atoms with van der Waals surface area (Å²) in [6, 6.07) is 12.5. The second-order valence-corrected chi connectivity index (χ2v) is 6.67. The van der Waals surface area contributed by atoms with Crippen LogP contribution in [0.3, 0.4) is 0 Å². The lowest BCUT2D eigenvalue weighted by molar-refractivity contribution is -0.128. The molecule has 0 bridgehead atoms. The number of hydrogen-bond acceptors (Lipinski definition) is 6. The predicted molar refractivity (Wildman–Crippen MR) is 107 cm³/mol. The quantitative estimate of drug-likeness (QED) is 0.548. The molecule has 0 saturated heterocycles. The highest BCUT2D eigenvalue weighted by molar-refractivity contribution is 6.32. The molecule has 6 nitrogen and oxygen atoms in total. The summed E-state index contributed by atoms with van der Waals surface area (Å²) in [7, 11) is 0. The van der Waals surface area contributed by atoms with Crippen LogP contribution in [0.15, 0.2) is 55.0 Å². The van der Waals surface area contributed by atoms with Crippen molar-refractivity contribution in [3.8, 4) is 11.6 Å². The molecule has 1 unspecified atom stereocenters. The molecule has 0 spiro atoms. The van der Waals surface area contributed by atoms with Crippen molar-refractivity contribution in [1.82, 2.24) is 9.97 Å². The topological polar surface area (TPSA) is 87.3 Å². The van der Waals surface area contributed by atoms with Gasteiger partial charge in [0.15, 0.2) is 0 Å². The molecule has 0 aliphatic heterocycles. The van der Waals surface area contributed by atoms with Crippen molar-refractivity contribution in [2.75, 3.05) is 6.61 Å². The van der Waals surface area contributed by atoms with Crippen molar-refractivity contribution in [1.29, 1.82) is 0 Å². The molecule has 1 aromatic heterocycles. The Morgan fingerprint density at radius 3 is 2.71 bits per heavy atom. The van der Waals surface area contributed by atoms with Crippen molar-refractivity contribution in [3.63, 3.8) is 0 Å². The Hall–Kier alpha value is -2.67. The molecule has 0 aliphatic rings. The summed E-state index contributed by atoms with van der Waals surface area (Å²) in [5.74, 6) is 0.385. The number of benzene rings is 2. The molecule has 1 atom stereocenters. The minimum atomic E-state index is -0.383. The van der Waals surface area contributed by atoms with Gasteiger partial charge in [-0.05, 0) is 29.3 Å². The van der Waals surface area contributed by atoms with Crippen LogP contribution in [0.2, 0.25) is 10.0 Å². The van der Waals surface area contributed by atoms with E-state index in [1.165, 1.54) is 6.33 Å². The Labute approximate surface area is 172 Å². The molecule has 1 heterocycles. The van der Waals surface area contributed by atoms with Crippen molar-refractivity contribution in [2.24, 2.45) is 5.73 Å². The van der Waals surface area contributed by atoms with Gasteiger partial charge < -0.3 is 15.2 Å². The number of carbonyl (C=O) groups excluding carboxylic acids is 1. The molecule has 3 aromatic rings. The molecule has 28 heavy (non-hydrogen) atoms. The summed E-state index contributed by atoms with van der Waals surface area (Å²) in [5.41, 5.74) is 8.02. The molecular weight excluding hydrogens is 401 g/mol. The second kappa shape index (κ2) is 9.50. The smallest absolute Gasteiger partial charge is 0.293 e. The average Bonchev–Trinajstić information content (AvgIpc) is 2.72. The van der Waals surface area contributed by atoms with Gasteiger partial charge in [0.05, 0.1) is 10.9 Å². The number of ether oxygens (including phenoxy) is 2. The van der Waals surface area contributed by atoms with Crippen LogP contribution >= 0.6 is 23.2 Å². The largest absolute Gasteiger partial charge is 0.467 e. The predicted octanol–water partition coefficient (Wildman–Crippen LogP) is 4.34. The molecule has 0 amide bonds. The van der Waals surface area contributed by atoms with Gasteiger partial charge in [0.25, 0.3) is 6.47 Å². The highest BCUT2D eigenvalue weighted by atomic mass is 35.5. The van der Waals surface area contributed by atoms with Crippen LogP contribution in [0.4, 0.5) is 0 Å². The first kappa shape index (κ1) is 20.1. The summed E-state index contributed by atoms with van der Waals surface area (Å²) in [6.07, 6.45) is 3.00. The van der Waals surface area contributed by atoms with Gasteiger partial charge in [-0.1, -0.05) is 47.5 Å². The zero-order valence-electron chi connectivity index (χ0n) is 14.7. The highest BCUT2D eigenvalue weighted by Gasteiger charge is 2.22. The maximum absolute atomic E-state index is 10.8. The van der Waals surface area contributed by atoms with Crippen LogP contribution in [-0.2, 0) is 16.1 Å². The number of nitrogens with zero attached hydrogens (tertiary/aromatic N) is 2. The summed E-state index contributed by atoms with van der Waals surface area (Å²) in [4.78, 5) is 19.2. The molecule has 0 radical (unpaired) electrons. The first-order valence-electron chi connectivity index (χ1n) is 8.40. The summed E-state index contributed by atoms with van der Waals surface area (Å²) >= 11 is 12.4. The molecule has 0 aliphatic carbocycles. The van der Waals surface area contributed by atoms with E-state index in [0.717, 1.165) is 11.1 Å². The SMILES string of the molecule is NCc1cc(C(COC=O)c2cncnc2Oc2ccccc2Cl)ccc1Cl. The molecule has 0 fully saturated rings. The molecule has 2 N–H and O–H groups in total. The number of rotatable bonds is 8. The lowest BCUT2D eigenvalue weighted by atomic mass is 9.92. The standard InChI is InChI=1S/C20H17Cl2N3O3/c21-17-6-5-13(7-14(17)8-23)16(10-27-12-26)15-9-24-11-25-20(15)28-19-4-2-1-3-18(19)22/h1-7,9,11-12,16H,8,10,23H2. The van der Waals surface area contributed by atoms with E-state index in [1.54, 1.807) is 30.5 Å². The Bertz CT molecular complexity index is 969. The van der Waals surface area contributed by atoms with E-state index >= 15 is 0 Å². The van der Waals surface area contributed by atoms with Crippen LogP contribution in [0, 0.1) is 0 Å². The fourth-order valence-corrected chi connectivity index (χ4v) is 3.12. The van der Waals surface area contributed by atoms with E-state index in [9.17, 15) is 4.79 Å². The Kier molecular flexibility index (Phi) is 6.81. The molecule has 3 rings (SSSR count). The van der Waals surface area contributed by atoms with E-state index in [-0.39, 0.29) is 19.1 Å². The fourth-order valence-electron chi connectivity index (χ4n) is 2.75. The summed E-state index contributed by atoms with van der Waals surface area (Å²) in [6.45, 7) is 0.745. The van der Waals surface area contributed by atoms with Gasteiger partial charge >= 0.3 is 0 Å². The highest BCUT2D eigenvalue weighted by Crippen LogP contribution is 2.35. The monoisotopic (exact) mass is 417 g/mol. The van der Waals surface area contributed by atoms with Gasteiger partial charge in [-0.15, -0.1) is 0 Å². The third kappa shape index (κ3) is 4.59. The zero-order chi connectivity index (χ0) is 19.9. The van der Waals surface area contributed by atoms with Gasteiger partial charge in [-0.2, -0.15) is 0 Å². The van der Waals surface area contributed by atoms with Crippen molar-refractivity contribution < 1.29 is 14.3 Å². The summed E-state index contributed by atoms with van der Waals surface area (Å²) < 4.78 is 11.0. The third-order valence-corrected chi connectivity index (χ3v) is 4.82. The molecule has 2 aromatic carbocycles. The van der Waals surface area contributed by atoms with Crippen molar-refractivity contribution in [2.45, 2.75) is 12.5 Å². The molecule has 8 heteroatoms. The second-order valence-electron chi connectivity index (χ2n) is 5.85. The number of hydrogen-bond donors (Lipinski definition) is 1. The minimum absolute atomic E-state index is 0.0708. The number of carbonyl (C=O) groups is 1. The lowest BCUT2D eigenvalue weighted by Crippen LogP contribution is -2.12. The molecule has 0 saturated carbocycles. The van der Waals surface area contributed by atoms with Crippen molar-refractivity contribution in [3.05, 3.63) is 81.7 Å². The number of halogens is 2. The van der Waals surface area contributed by atoms with E-state index in [0.29, 0.717) is 33.7 Å². The van der Waals surface area contributed by atoms with Gasteiger partial charge in [0.1, 0.15) is 18.7 Å². The van der Waals surface area contributed by atoms with Crippen molar-refractivity contribution >= 4 is 29.7 Å². The molecule has 144 valence electrons. The minimum Gasteiger partial charge on any atom is -0.467 e. The van der Waals surface area contributed by atoms with Gasteiger partial charge in [-0.25, -0.2) is 9.97 Å². The Balaban J connectivity index is 2.04. The maximum Gasteiger partial charge on any atom is 0.293 e. The maximum atomic E-state index is 10.8. The third-order valence-electron chi connectivity index (χ3n) is 4.14. The van der Waals surface area contributed by atoms with Crippen LogP contribution < -0.4 is 10.5 Å². The zero-order valence-corrected chi connectivity index (χ0v) is 16.2. The summed E-state index contributed by atoms with van der Waals surface area (Å²) in [5, 5.41) is 1.02. The lowest BCUT2D eigenvalue weighted by Gasteiger charge is -2.20. The van der Waals surface area contributed by atoms with Crippen LogP contribution in [0.25, 0.3) is 0 Å². The first-order chi connectivity index (χ1) is 13.6. The van der Waals surface area contributed by atoms with Crippen LogP contribution in [0.1, 0.15) is 22.6 Å². The Morgan fingerprint density at radius 2 is 1.96 bits per heavy atom. The van der Waals surface area contributed by atoms with E-state index in [1.807, 2.05) is 18.2 Å². The fraction of sp³-hybridized carbons (Fsp3) is 0.150. The van der Waals surface area contributed by atoms with E-state index < -0.39 is 0 Å². The Morgan fingerprint density at radius 1 is 1.14 bits per heavy atom. The van der Waals surface area contributed by atoms with Gasteiger partial charge in [0, 0.05) is 23.3 Å². The number of aromatic nitrogens is 2. The number of nitrogens with two attached hydrogens (primary N) is 1.